The number of allylic oxidation sites excluding steroid dienone is 2. The molecule has 1 aromatic heterocycles. The molecule has 0 unspecified atom stereocenters. The van der Waals surface area contributed by atoms with Crippen molar-refractivity contribution in [2.24, 2.45) is 34.1 Å². The van der Waals surface area contributed by atoms with Crippen molar-refractivity contribution < 1.29 is 9.59 Å². The molecule has 2 aromatic rings. The van der Waals surface area contributed by atoms with Gasteiger partial charge in [-0.05, 0) is 81.6 Å². The van der Waals surface area contributed by atoms with Crippen LogP contribution >= 0.6 is 22.9 Å². The Morgan fingerprint density at radius 3 is 2.36 bits per heavy atom. The van der Waals surface area contributed by atoms with Crippen LogP contribution in [0.15, 0.2) is 41.8 Å². The molecular weight excluding hydrogens is 492 g/mol. The fraction of sp³-hybridized carbons (Fsp3) is 0.536. The summed E-state index contributed by atoms with van der Waals surface area (Å²) in [6.07, 6.45) is 11.2. The fourth-order valence-electron chi connectivity index (χ4n) is 7.90. The van der Waals surface area contributed by atoms with Gasteiger partial charge in [-0.3, -0.25) is 9.59 Å². The molecule has 4 atom stereocenters. The first-order valence-electron chi connectivity index (χ1n) is 13.1. The molecule has 4 aliphatic rings. The zero-order valence-electron chi connectivity index (χ0n) is 20.4. The van der Waals surface area contributed by atoms with Crippen molar-refractivity contribution in [3.8, 4) is 11.3 Å². The lowest BCUT2D eigenvalue weighted by molar-refractivity contribution is -0.143. The minimum absolute atomic E-state index is 0.0744. The third-order valence-corrected chi connectivity index (χ3v) is 10.8. The topological polar surface area (TPSA) is 102 Å². The van der Waals surface area contributed by atoms with Gasteiger partial charge >= 0.3 is 0 Å². The Balaban J connectivity index is 1.41. The number of primary amides is 2. The summed E-state index contributed by atoms with van der Waals surface area (Å²) in [5, 5.41) is 3.23. The summed E-state index contributed by atoms with van der Waals surface area (Å²) in [4.78, 5) is 34.8. The van der Waals surface area contributed by atoms with E-state index in [1.54, 1.807) is 0 Å². The average molecular weight is 525 g/mol. The van der Waals surface area contributed by atoms with Gasteiger partial charge < -0.3 is 16.4 Å². The van der Waals surface area contributed by atoms with Gasteiger partial charge in [0.2, 0.25) is 11.8 Å². The molecule has 190 valence electrons. The number of halogens is 1. The van der Waals surface area contributed by atoms with Crippen LogP contribution in [0.25, 0.3) is 11.3 Å². The summed E-state index contributed by atoms with van der Waals surface area (Å²) in [6.45, 7) is 3.32. The Morgan fingerprint density at radius 1 is 1.03 bits per heavy atom. The van der Waals surface area contributed by atoms with Crippen molar-refractivity contribution in [1.82, 2.24) is 9.88 Å². The Morgan fingerprint density at radius 2 is 1.72 bits per heavy atom. The lowest BCUT2D eigenvalue weighted by Crippen LogP contribution is -2.62. The zero-order chi connectivity index (χ0) is 25.1. The first-order valence-corrected chi connectivity index (χ1v) is 14.3. The van der Waals surface area contributed by atoms with Crippen LogP contribution in [0.1, 0.15) is 50.0 Å². The van der Waals surface area contributed by atoms with Crippen molar-refractivity contribution in [3.05, 3.63) is 51.8 Å². The molecule has 0 radical (unpaired) electrons. The van der Waals surface area contributed by atoms with Gasteiger partial charge in [0.1, 0.15) is 10.4 Å². The molecule has 36 heavy (non-hydrogen) atoms. The minimum atomic E-state index is -1.22. The third kappa shape index (κ3) is 3.21. The van der Waals surface area contributed by atoms with Gasteiger partial charge in [-0.2, -0.15) is 0 Å². The molecule has 2 saturated carbocycles. The first-order chi connectivity index (χ1) is 17.4. The van der Waals surface area contributed by atoms with Crippen LogP contribution in [0.2, 0.25) is 5.02 Å². The molecule has 1 aliphatic heterocycles. The van der Waals surface area contributed by atoms with Gasteiger partial charge in [0.15, 0.2) is 0 Å². The molecule has 3 aliphatic carbocycles. The van der Waals surface area contributed by atoms with E-state index >= 15 is 0 Å². The lowest BCUT2D eigenvalue weighted by Gasteiger charge is -2.46. The van der Waals surface area contributed by atoms with Crippen LogP contribution in [0.5, 0.6) is 0 Å². The van der Waals surface area contributed by atoms with E-state index in [9.17, 15) is 9.59 Å². The molecule has 8 heteroatoms. The Labute approximate surface area is 221 Å². The van der Waals surface area contributed by atoms with Gasteiger partial charge in [-0.15, -0.1) is 11.3 Å². The van der Waals surface area contributed by atoms with E-state index in [2.05, 4.69) is 17.1 Å². The van der Waals surface area contributed by atoms with Crippen molar-refractivity contribution in [2.45, 2.75) is 50.4 Å². The maximum absolute atomic E-state index is 13.7. The highest BCUT2D eigenvalue weighted by atomic mass is 35.5. The number of nitrogens with zero attached hydrogens (tertiary/aromatic N) is 2. The Kier molecular flexibility index (Phi) is 5.82. The van der Waals surface area contributed by atoms with Crippen molar-refractivity contribution in [1.29, 1.82) is 0 Å². The quantitative estimate of drug-likeness (QED) is 0.372. The van der Waals surface area contributed by atoms with Crippen LogP contribution in [-0.4, -0.2) is 41.3 Å². The molecule has 2 heterocycles. The van der Waals surface area contributed by atoms with Gasteiger partial charge in [-0.1, -0.05) is 42.3 Å². The van der Waals surface area contributed by atoms with Gasteiger partial charge in [0, 0.05) is 21.9 Å². The average Bonchev–Trinajstić information content (AvgIpc) is 3.20. The van der Waals surface area contributed by atoms with Gasteiger partial charge in [-0.25, -0.2) is 4.98 Å². The molecule has 4 N–H and O–H groups in total. The first kappa shape index (κ1) is 24.1. The number of thiazole rings is 1. The fourth-order valence-corrected chi connectivity index (χ4v) is 9.18. The van der Waals surface area contributed by atoms with E-state index < -0.39 is 22.6 Å². The van der Waals surface area contributed by atoms with E-state index in [1.807, 2.05) is 29.6 Å². The number of likely N-dealkylation sites (tertiary alicyclic amines) is 1. The van der Waals surface area contributed by atoms with E-state index in [0.29, 0.717) is 16.5 Å². The van der Waals surface area contributed by atoms with Crippen LogP contribution < -0.4 is 11.5 Å². The highest BCUT2D eigenvalue weighted by Gasteiger charge is 2.83. The molecule has 1 spiro atoms. The number of rotatable bonds is 9. The number of carbonyl (C=O) groups is 2. The Bertz CT molecular complexity index is 1220. The van der Waals surface area contributed by atoms with Crippen LogP contribution in [0.4, 0.5) is 0 Å². The van der Waals surface area contributed by atoms with Gasteiger partial charge in [0.05, 0.1) is 11.1 Å². The van der Waals surface area contributed by atoms with Crippen LogP contribution in [-0.2, 0) is 15.0 Å². The minimum Gasteiger partial charge on any atom is -0.369 e. The van der Waals surface area contributed by atoms with E-state index in [0.717, 1.165) is 56.6 Å². The molecule has 3 fully saturated rings. The highest BCUT2D eigenvalue weighted by molar-refractivity contribution is 7.10. The SMILES string of the molecule is NC(=O)[C@]1(CCCCN2CCCC2)[C@@H]2C=C[C@@H](C23CC3)[C@@]1(C(N)=O)c1nc(-c2ccc(Cl)cc2)cs1. The third-order valence-electron chi connectivity index (χ3n) is 9.57. The van der Waals surface area contributed by atoms with Crippen molar-refractivity contribution in [2.75, 3.05) is 19.6 Å². The van der Waals surface area contributed by atoms with E-state index in [4.69, 9.17) is 28.1 Å². The van der Waals surface area contributed by atoms with Crippen molar-refractivity contribution in [3.63, 3.8) is 0 Å². The molecule has 6 rings (SSSR count). The predicted octanol–water partition coefficient (Wildman–Crippen LogP) is 4.52. The maximum atomic E-state index is 13.7. The lowest BCUT2D eigenvalue weighted by atomic mass is 9.55. The molecular formula is C28H33ClN4O2S. The number of aromatic nitrogens is 1. The second kappa shape index (κ2) is 8.67. The molecule has 1 saturated heterocycles. The smallest absolute Gasteiger partial charge is 0.232 e. The number of amides is 2. The van der Waals surface area contributed by atoms with Crippen LogP contribution in [0.3, 0.4) is 0 Å². The predicted molar refractivity (Wildman–Crippen MR) is 142 cm³/mol. The summed E-state index contributed by atoms with van der Waals surface area (Å²) in [5.41, 5.74) is 12.0. The summed E-state index contributed by atoms with van der Waals surface area (Å²) in [5.74, 6) is -1.10. The number of unbranched alkanes of at least 4 members (excludes halogenated alkanes) is 1. The molecule has 6 nitrogen and oxygen atoms in total. The number of hydrogen-bond acceptors (Lipinski definition) is 5. The largest absolute Gasteiger partial charge is 0.369 e. The molecule has 2 amide bonds. The summed E-state index contributed by atoms with van der Waals surface area (Å²) in [7, 11) is 0. The zero-order valence-corrected chi connectivity index (χ0v) is 22.0. The maximum Gasteiger partial charge on any atom is 0.232 e. The van der Waals surface area contributed by atoms with E-state index in [1.165, 1.54) is 24.2 Å². The summed E-state index contributed by atoms with van der Waals surface area (Å²) >= 11 is 7.51. The van der Waals surface area contributed by atoms with Gasteiger partial charge in [0.25, 0.3) is 0 Å². The van der Waals surface area contributed by atoms with E-state index in [-0.39, 0.29) is 17.3 Å². The number of carbonyl (C=O) groups excluding carboxylic acids is 2. The monoisotopic (exact) mass is 524 g/mol. The molecule has 2 bridgehead atoms. The van der Waals surface area contributed by atoms with Crippen molar-refractivity contribution >= 4 is 34.8 Å². The second-order valence-electron chi connectivity index (χ2n) is 11.1. The standard InChI is InChI=1S/C28H33ClN4O2S/c29-19-7-5-18(6-8-19)20-17-36-25(32-20)28(24(31)35)22-10-9-21(26(22)12-13-26)27(28,23(30)34)11-1-2-14-33-15-3-4-16-33/h5-10,17,21-22H,1-4,11-16H2,(H2,30,34)(H2,31,35)/t21-,22+,27+,28-/m1/s1. The number of nitrogens with two attached hydrogens (primary N) is 2. The highest BCUT2D eigenvalue weighted by Crippen LogP contribution is 2.81. The second-order valence-corrected chi connectivity index (χ2v) is 12.4. The number of hydrogen-bond donors (Lipinski definition) is 2. The summed E-state index contributed by atoms with van der Waals surface area (Å²) in [6, 6.07) is 7.49. The molecule has 1 aromatic carbocycles. The van der Waals surface area contributed by atoms with Crippen LogP contribution in [0, 0.1) is 22.7 Å². The Hall–Kier alpha value is -2.22. The normalized spacial score (nSPS) is 31.9. The summed E-state index contributed by atoms with van der Waals surface area (Å²) < 4.78 is 0. The number of benzene rings is 1.